The molecule has 3 heterocycles. The Morgan fingerprint density at radius 1 is 1.36 bits per heavy atom. The minimum absolute atomic E-state index is 0.0159. The Balaban J connectivity index is 1.51. The molecule has 0 aromatic heterocycles. The molecule has 5 nitrogen and oxygen atoms in total. The molecule has 150 valence electrons. The van der Waals surface area contributed by atoms with Gasteiger partial charge in [-0.3, -0.25) is 9.59 Å². The molecule has 2 bridgehead atoms. The molecule has 0 radical (unpaired) electrons. The third-order valence-corrected chi connectivity index (χ3v) is 6.74. The van der Waals surface area contributed by atoms with Gasteiger partial charge in [-0.2, -0.15) is 0 Å². The van der Waals surface area contributed by atoms with E-state index in [0.29, 0.717) is 13.2 Å². The molecular formula is C22H26BrNO4. The predicted molar refractivity (Wildman–Crippen MR) is 108 cm³/mol. The molecule has 1 aromatic rings. The largest absolute Gasteiger partial charge is 0.465 e. The van der Waals surface area contributed by atoms with Crippen LogP contribution in [-0.4, -0.2) is 41.6 Å². The van der Waals surface area contributed by atoms with Crippen molar-refractivity contribution < 1.29 is 19.1 Å². The van der Waals surface area contributed by atoms with E-state index in [2.05, 4.69) is 22.9 Å². The number of halogens is 1. The quantitative estimate of drug-likeness (QED) is 0.359. The normalized spacial score (nSPS) is 31.3. The first kappa shape index (κ1) is 19.6. The fourth-order valence-corrected chi connectivity index (χ4v) is 4.93. The lowest BCUT2D eigenvalue weighted by Crippen LogP contribution is -2.40. The van der Waals surface area contributed by atoms with Crippen LogP contribution < -0.4 is 0 Å². The van der Waals surface area contributed by atoms with Gasteiger partial charge in [0.1, 0.15) is 11.5 Å². The lowest BCUT2D eigenvalue weighted by Gasteiger charge is -2.27. The molecule has 0 aliphatic carbocycles. The van der Waals surface area contributed by atoms with Crippen LogP contribution in [0.1, 0.15) is 44.7 Å². The number of amides is 1. The number of rotatable bonds is 7. The van der Waals surface area contributed by atoms with Crippen molar-refractivity contribution in [2.45, 2.75) is 50.9 Å². The van der Waals surface area contributed by atoms with Gasteiger partial charge in [0.25, 0.3) is 0 Å². The Bertz CT molecular complexity index is 792. The standard InChI is InChI=1S/C22H26BrNO4/c1-3-4-5-12-27-21(26)18-17-10-11-22(28-17)13-24(20(25)19(18)22)14(2)15-6-8-16(23)9-7-15/h6-11,14,17-19H,3-5,12-13H2,1-2H3/t14-,17-,18-,19-,22+/m1/s1. The average molecular weight is 448 g/mol. The highest BCUT2D eigenvalue weighted by molar-refractivity contribution is 9.10. The van der Waals surface area contributed by atoms with E-state index < -0.39 is 17.4 Å². The van der Waals surface area contributed by atoms with Gasteiger partial charge in [0.2, 0.25) is 5.91 Å². The average Bonchev–Trinajstić information content (AvgIpc) is 3.33. The Labute approximate surface area is 174 Å². The molecule has 3 aliphatic rings. The molecule has 0 saturated carbocycles. The van der Waals surface area contributed by atoms with Crippen molar-refractivity contribution >= 4 is 27.8 Å². The molecule has 1 aromatic carbocycles. The van der Waals surface area contributed by atoms with E-state index in [9.17, 15) is 9.59 Å². The molecular weight excluding hydrogens is 422 g/mol. The van der Waals surface area contributed by atoms with E-state index in [0.717, 1.165) is 29.3 Å². The summed E-state index contributed by atoms with van der Waals surface area (Å²) in [4.78, 5) is 27.9. The summed E-state index contributed by atoms with van der Waals surface area (Å²) in [6.07, 6.45) is 6.51. The minimum atomic E-state index is -0.696. The van der Waals surface area contributed by atoms with Crippen molar-refractivity contribution in [2.75, 3.05) is 13.2 Å². The summed E-state index contributed by atoms with van der Waals surface area (Å²) in [5.74, 6) is -1.35. The predicted octanol–water partition coefficient (Wildman–Crippen LogP) is 4.03. The highest BCUT2D eigenvalue weighted by Gasteiger charge is 2.67. The number of benzene rings is 1. The first-order valence-corrected chi connectivity index (χ1v) is 10.9. The highest BCUT2D eigenvalue weighted by Crippen LogP contribution is 2.53. The smallest absolute Gasteiger partial charge is 0.312 e. The maximum Gasteiger partial charge on any atom is 0.312 e. The van der Waals surface area contributed by atoms with Gasteiger partial charge >= 0.3 is 5.97 Å². The SMILES string of the molecule is CCCCCOC(=O)[C@@H]1[C@H]2C=C[C@@]3(CN([C@H](C)c4ccc(Br)cc4)C(=O)[C@@H]13)O2. The molecule has 28 heavy (non-hydrogen) atoms. The fourth-order valence-electron chi connectivity index (χ4n) is 4.67. The molecule has 1 amide bonds. The maximum atomic E-state index is 13.3. The molecule has 0 unspecified atom stereocenters. The Kier molecular flexibility index (Phi) is 5.36. The van der Waals surface area contributed by atoms with Crippen molar-refractivity contribution in [1.29, 1.82) is 0 Å². The van der Waals surface area contributed by atoms with E-state index >= 15 is 0 Å². The van der Waals surface area contributed by atoms with Gasteiger partial charge in [0.05, 0.1) is 31.2 Å². The summed E-state index contributed by atoms with van der Waals surface area (Å²) >= 11 is 3.45. The first-order chi connectivity index (χ1) is 13.5. The topological polar surface area (TPSA) is 55.8 Å². The maximum absolute atomic E-state index is 13.3. The molecule has 2 saturated heterocycles. The Morgan fingerprint density at radius 2 is 2.11 bits per heavy atom. The van der Waals surface area contributed by atoms with Gasteiger partial charge in [0.15, 0.2) is 0 Å². The van der Waals surface area contributed by atoms with E-state index in [4.69, 9.17) is 9.47 Å². The van der Waals surface area contributed by atoms with E-state index in [1.54, 1.807) is 0 Å². The van der Waals surface area contributed by atoms with Crippen molar-refractivity contribution in [3.8, 4) is 0 Å². The summed E-state index contributed by atoms with van der Waals surface area (Å²) in [5, 5.41) is 0. The van der Waals surface area contributed by atoms with Crippen molar-refractivity contribution in [1.82, 2.24) is 4.90 Å². The second-order valence-corrected chi connectivity index (χ2v) is 8.88. The zero-order chi connectivity index (χ0) is 19.9. The summed E-state index contributed by atoms with van der Waals surface area (Å²) < 4.78 is 12.7. The summed E-state index contributed by atoms with van der Waals surface area (Å²) in [5.41, 5.74) is 0.364. The molecule has 4 rings (SSSR count). The second-order valence-electron chi connectivity index (χ2n) is 7.97. The number of esters is 1. The summed E-state index contributed by atoms with van der Waals surface area (Å²) in [6, 6.07) is 7.90. The number of carbonyl (C=O) groups is 2. The monoisotopic (exact) mass is 447 g/mol. The van der Waals surface area contributed by atoms with Crippen molar-refractivity contribution in [3.05, 3.63) is 46.5 Å². The van der Waals surface area contributed by atoms with Crippen LogP contribution in [0.2, 0.25) is 0 Å². The minimum Gasteiger partial charge on any atom is -0.465 e. The third-order valence-electron chi connectivity index (χ3n) is 6.21. The van der Waals surface area contributed by atoms with Crippen LogP contribution in [0.4, 0.5) is 0 Å². The number of nitrogens with zero attached hydrogens (tertiary/aromatic N) is 1. The van der Waals surface area contributed by atoms with Gasteiger partial charge in [-0.25, -0.2) is 0 Å². The fraction of sp³-hybridized carbons (Fsp3) is 0.545. The van der Waals surface area contributed by atoms with E-state index in [-0.39, 0.29) is 24.0 Å². The van der Waals surface area contributed by atoms with Gasteiger partial charge < -0.3 is 14.4 Å². The number of hydrogen-bond acceptors (Lipinski definition) is 4. The number of unbranched alkanes of at least 4 members (excludes halogenated alkanes) is 2. The van der Waals surface area contributed by atoms with Crippen LogP contribution in [0.3, 0.4) is 0 Å². The van der Waals surface area contributed by atoms with Crippen LogP contribution in [0, 0.1) is 11.8 Å². The van der Waals surface area contributed by atoms with Crippen LogP contribution in [0.25, 0.3) is 0 Å². The number of carbonyl (C=O) groups excluding carboxylic acids is 2. The molecule has 6 heteroatoms. The van der Waals surface area contributed by atoms with Gasteiger partial charge in [0, 0.05) is 4.47 Å². The van der Waals surface area contributed by atoms with Gasteiger partial charge in [-0.1, -0.05) is 60.0 Å². The third kappa shape index (κ3) is 3.20. The summed E-state index contributed by atoms with van der Waals surface area (Å²) in [7, 11) is 0. The zero-order valence-electron chi connectivity index (χ0n) is 16.3. The van der Waals surface area contributed by atoms with E-state index in [1.807, 2.05) is 48.2 Å². The number of fused-ring (bicyclic) bond motifs is 1. The van der Waals surface area contributed by atoms with Crippen LogP contribution in [-0.2, 0) is 19.1 Å². The van der Waals surface area contributed by atoms with Gasteiger partial charge in [-0.05, 0) is 31.0 Å². The molecule has 5 atom stereocenters. The van der Waals surface area contributed by atoms with E-state index in [1.165, 1.54) is 0 Å². The Morgan fingerprint density at radius 3 is 2.82 bits per heavy atom. The van der Waals surface area contributed by atoms with Gasteiger partial charge in [-0.15, -0.1) is 0 Å². The zero-order valence-corrected chi connectivity index (χ0v) is 17.9. The molecule has 0 N–H and O–H groups in total. The number of hydrogen-bond donors (Lipinski definition) is 0. The molecule has 2 fully saturated rings. The Hall–Kier alpha value is -1.66. The lowest BCUT2D eigenvalue weighted by atomic mass is 9.77. The molecule has 1 spiro atoms. The first-order valence-electron chi connectivity index (χ1n) is 10.1. The number of likely N-dealkylation sites (tertiary alicyclic amines) is 1. The van der Waals surface area contributed by atoms with Crippen LogP contribution in [0.15, 0.2) is 40.9 Å². The van der Waals surface area contributed by atoms with Crippen molar-refractivity contribution in [3.63, 3.8) is 0 Å². The second kappa shape index (κ2) is 7.64. The lowest BCUT2D eigenvalue weighted by molar-refractivity contribution is -0.154. The molecule has 3 aliphatic heterocycles. The number of ether oxygens (including phenoxy) is 2. The summed E-state index contributed by atoms with van der Waals surface area (Å²) in [6.45, 7) is 5.01. The van der Waals surface area contributed by atoms with Crippen molar-refractivity contribution in [2.24, 2.45) is 11.8 Å². The van der Waals surface area contributed by atoms with Crippen LogP contribution >= 0.6 is 15.9 Å². The van der Waals surface area contributed by atoms with Crippen LogP contribution in [0.5, 0.6) is 0 Å². The highest BCUT2D eigenvalue weighted by atomic mass is 79.9.